The van der Waals surface area contributed by atoms with Gasteiger partial charge in [-0.25, -0.2) is 0 Å². The Bertz CT molecular complexity index is 482. The Balaban J connectivity index is 2.12. The lowest BCUT2D eigenvalue weighted by molar-refractivity contribution is -0.138. The van der Waals surface area contributed by atoms with Crippen LogP contribution in [0.15, 0.2) is 18.2 Å². The smallest absolute Gasteiger partial charge is 0.256 e. The Kier molecular flexibility index (Phi) is 3.80. The van der Waals surface area contributed by atoms with Crippen LogP contribution in [0.4, 0.5) is 5.69 Å². The van der Waals surface area contributed by atoms with E-state index in [-0.39, 0.29) is 5.91 Å². The van der Waals surface area contributed by atoms with Crippen LogP contribution in [-0.4, -0.2) is 25.7 Å². The molecular weight excluding hydrogens is 242 g/mol. The summed E-state index contributed by atoms with van der Waals surface area (Å²) in [6.45, 7) is 3.81. The Morgan fingerprint density at radius 3 is 2.53 bits per heavy atom. The molecule has 104 valence electrons. The van der Waals surface area contributed by atoms with Gasteiger partial charge in [-0.05, 0) is 56.4 Å². The van der Waals surface area contributed by atoms with Crippen molar-refractivity contribution in [3.63, 3.8) is 0 Å². The zero-order valence-corrected chi connectivity index (χ0v) is 11.9. The molecule has 0 saturated heterocycles. The SMILES string of the molecule is COc1ccc(NC(=O)[C@@](C)(OC)C2CC2)cc1C. The second-order valence-corrected chi connectivity index (χ2v) is 5.22. The van der Waals surface area contributed by atoms with Gasteiger partial charge in [0.2, 0.25) is 0 Å². The number of hydrogen-bond acceptors (Lipinski definition) is 3. The number of carbonyl (C=O) groups is 1. The predicted octanol–water partition coefficient (Wildman–Crippen LogP) is 2.76. The maximum atomic E-state index is 12.3. The fraction of sp³-hybridized carbons (Fsp3) is 0.533. The summed E-state index contributed by atoms with van der Waals surface area (Å²) in [5.74, 6) is 1.06. The zero-order chi connectivity index (χ0) is 14.0. The fourth-order valence-corrected chi connectivity index (χ4v) is 2.29. The highest BCUT2D eigenvalue weighted by Gasteiger charge is 2.47. The molecule has 19 heavy (non-hydrogen) atoms. The Morgan fingerprint density at radius 2 is 2.05 bits per heavy atom. The molecule has 0 spiro atoms. The van der Waals surface area contributed by atoms with Gasteiger partial charge in [0, 0.05) is 12.8 Å². The monoisotopic (exact) mass is 263 g/mol. The van der Waals surface area contributed by atoms with Crippen molar-refractivity contribution in [2.45, 2.75) is 32.3 Å². The first-order chi connectivity index (χ1) is 9.01. The quantitative estimate of drug-likeness (QED) is 0.888. The van der Waals surface area contributed by atoms with Gasteiger partial charge in [-0.1, -0.05) is 0 Å². The summed E-state index contributed by atoms with van der Waals surface area (Å²) in [5, 5.41) is 2.93. The minimum Gasteiger partial charge on any atom is -0.496 e. The standard InChI is InChI=1S/C15H21NO3/c1-10-9-12(7-8-13(10)18-3)16-14(17)15(2,19-4)11-5-6-11/h7-9,11H,5-6H2,1-4H3,(H,16,17)/t15-/m0/s1. The molecule has 1 atom stereocenters. The van der Waals surface area contributed by atoms with Crippen LogP contribution in [-0.2, 0) is 9.53 Å². The molecule has 0 radical (unpaired) electrons. The number of methoxy groups -OCH3 is 2. The largest absolute Gasteiger partial charge is 0.496 e. The summed E-state index contributed by atoms with van der Waals surface area (Å²) >= 11 is 0. The van der Waals surface area contributed by atoms with Crippen LogP contribution in [0.2, 0.25) is 0 Å². The van der Waals surface area contributed by atoms with Crippen LogP contribution < -0.4 is 10.1 Å². The van der Waals surface area contributed by atoms with E-state index < -0.39 is 5.60 Å². The van der Waals surface area contributed by atoms with Crippen LogP contribution in [0.5, 0.6) is 5.75 Å². The van der Waals surface area contributed by atoms with Crippen molar-refractivity contribution in [2.75, 3.05) is 19.5 Å². The molecule has 4 heteroatoms. The van der Waals surface area contributed by atoms with E-state index in [1.807, 2.05) is 32.0 Å². The maximum Gasteiger partial charge on any atom is 0.256 e. The maximum absolute atomic E-state index is 12.3. The lowest BCUT2D eigenvalue weighted by atomic mass is 9.99. The minimum atomic E-state index is -0.728. The first kappa shape index (κ1) is 13.9. The van der Waals surface area contributed by atoms with Crippen LogP contribution in [0.1, 0.15) is 25.3 Å². The molecule has 4 nitrogen and oxygen atoms in total. The van der Waals surface area contributed by atoms with Crippen LogP contribution >= 0.6 is 0 Å². The summed E-state index contributed by atoms with van der Waals surface area (Å²) in [4.78, 5) is 12.3. The Labute approximate surface area is 114 Å². The molecule has 1 aromatic carbocycles. The molecule has 1 fully saturated rings. The lowest BCUT2D eigenvalue weighted by Crippen LogP contribution is -2.44. The van der Waals surface area contributed by atoms with Gasteiger partial charge >= 0.3 is 0 Å². The van der Waals surface area contributed by atoms with Gasteiger partial charge in [-0.2, -0.15) is 0 Å². The van der Waals surface area contributed by atoms with Crippen molar-refractivity contribution in [1.29, 1.82) is 0 Å². The highest BCUT2D eigenvalue weighted by Crippen LogP contribution is 2.42. The van der Waals surface area contributed by atoms with Crippen molar-refractivity contribution in [3.05, 3.63) is 23.8 Å². The first-order valence-corrected chi connectivity index (χ1v) is 6.52. The summed E-state index contributed by atoms with van der Waals surface area (Å²) in [5.41, 5.74) is 1.03. The van der Waals surface area contributed by atoms with E-state index in [1.165, 1.54) is 0 Å². The van der Waals surface area contributed by atoms with Crippen molar-refractivity contribution < 1.29 is 14.3 Å². The van der Waals surface area contributed by atoms with Gasteiger partial charge in [0.1, 0.15) is 11.4 Å². The normalized spacial score (nSPS) is 17.7. The molecule has 1 aliphatic carbocycles. The second-order valence-electron chi connectivity index (χ2n) is 5.22. The minimum absolute atomic E-state index is 0.0814. The summed E-state index contributed by atoms with van der Waals surface area (Å²) in [6, 6.07) is 5.60. The third-order valence-electron chi connectivity index (χ3n) is 3.88. The van der Waals surface area contributed by atoms with Crippen molar-refractivity contribution in [1.82, 2.24) is 0 Å². The van der Waals surface area contributed by atoms with E-state index >= 15 is 0 Å². The highest BCUT2D eigenvalue weighted by molar-refractivity contribution is 5.97. The van der Waals surface area contributed by atoms with Crippen molar-refractivity contribution in [2.24, 2.45) is 5.92 Å². The molecule has 0 bridgehead atoms. The van der Waals surface area contributed by atoms with E-state index in [0.29, 0.717) is 5.92 Å². The van der Waals surface area contributed by atoms with Crippen LogP contribution in [0.3, 0.4) is 0 Å². The first-order valence-electron chi connectivity index (χ1n) is 6.52. The van der Waals surface area contributed by atoms with E-state index in [4.69, 9.17) is 9.47 Å². The number of hydrogen-bond donors (Lipinski definition) is 1. The average molecular weight is 263 g/mol. The number of nitrogens with one attached hydrogen (secondary N) is 1. The fourth-order valence-electron chi connectivity index (χ4n) is 2.29. The molecule has 2 rings (SSSR count). The molecular formula is C15H21NO3. The third kappa shape index (κ3) is 2.73. The van der Waals surface area contributed by atoms with Gasteiger partial charge < -0.3 is 14.8 Å². The number of aryl methyl sites for hydroxylation is 1. The molecule has 1 saturated carbocycles. The van der Waals surface area contributed by atoms with Crippen LogP contribution in [0.25, 0.3) is 0 Å². The molecule has 0 aromatic heterocycles. The molecule has 1 aliphatic rings. The van der Waals surface area contributed by atoms with Crippen LogP contribution in [0, 0.1) is 12.8 Å². The van der Waals surface area contributed by atoms with Gasteiger partial charge in [0.05, 0.1) is 7.11 Å². The van der Waals surface area contributed by atoms with Crippen molar-refractivity contribution >= 4 is 11.6 Å². The second kappa shape index (κ2) is 5.21. The van der Waals surface area contributed by atoms with E-state index in [9.17, 15) is 4.79 Å². The number of rotatable bonds is 5. The predicted molar refractivity (Wildman–Crippen MR) is 74.5 cm³/mol. The number of benzene rings is 1. The van der Waals surface area contributed by atoms with Crippen molar-refractivity contribution in [3.8, 4) is 5.75 Å². The van der Waals surface area contributed by atoms with E-state index in [2.05, 4.69) is 5.32 Å². The van der Waals surface area contributed by atoms with Gasteiger partial charge in [-0.15, -0.1) is 0 Å². The molecule has 1 aromatic rings. The number of ether oxygens (including phenoxy) is 2. The topological polar surface area (TPSA) is 47.6 Å². The molecule has 0 heterocycles. The molecule has 1 amide bonds. The number of amides is 1. The van der Waals surface area contributed by atoms with E-state index in [0.717, 1.165) is 29.8 Å². The molecule has 1 N–H and O–H groups in total. The zero-order valence-electron chi connectivity index (χ0n) is 11.9. The number of anilines is 1. The lowest BCUT2D eigenvalue weighted by Gasteiger charge is -2.26. The molecule has 0 unspecified atom stereocenters. The summed E-state index contributed by atoms with van der Waals surface area (Å²) < 4.78 is 10.6. The van der Waals surface area contributed by atoms with Gasteiger partial charge in [-0.3, -0.25) is 4.79 Å². The Morgan fingerprint density at radius 1 is 1.37 bits per heavy atom. The van der Waals surface area contributed by atoms with E-state index in [1.54, 1.807) is 14.2 Å². The van der Waals surface area contributed by atoms with Gasteiger partial charge in [0.15, 0.2) is 0 Å². The number of carbonyl (C=O) groups excluding carboxylic acids is 1. The Hall–Kier alpha value is -1.55. The molecule has 0 aliphatic heterocycles. The third-order valence-corrected chi connectivity index (χ3v) is 3.88. The van der Waals surface area contributed by atoms with Gasteiger partial charge in [0.25, 0.3) is 5.91 Å². The summed E-state index contributed by atoms with van der Waals surface area (Å²) in [6.07, 6.45) is 2.11. The average Bonchev–Trinajstić information content (AvgIpc) is 3.22. The summed E-state index contributed by atoms with van der Waals surface area (Å²) in [7, 11) is 3.23. The highest BCUT2D eigenvalue weighted by atomic mass is 16.5.